The van der Waals surface area contributed by atoms with E-state index in [0.717, 1.165) is 18.5 Å². The minimum absolute atomic E-state index is 0. The van der Waals surface area contributed by atoms with Crippen molar-refractivity contribution in [2.75, 3.05) is 6.54 Å². The van der Waals surface area contributed by atoms with Gasteiger partial charge in [-0.25, -0.2) is 9.59 Å². The number of halogens is 2. The van der Waals surface area contributed by atoms with Gasteiger partial charge in [-0.2, -0.15) is 0 Å². The van der Waals surface area contributed by atoms with Crippen molar-refractivity contribution in [2.24, 2.45) is 4.99 Å². The predicted octanol–water partition coefficient (Wildman–Crippen LogP) is 9.46. The van der Waals surface area contributed by atoms with Crippen LogP contribution in [0, 0.1) is 0 Å². The van der Waals surface area contributed by atoms with Crippen molar-refractivity contribution in [1.29, 1.82) is 0 Å². The molecule has 0 spiro atoms. The Hall–Kier alpha value is -4.47. The number of carbonyl (C=O) groups excluding carboxylic acids is 2. The molecule has 12 heteroatoms. The molecule has 2 heterocycles. The summed E-state index contributed by atoms with van der Waals surface area (Å²) in [5, 5.41) is 16.1. The molecule has 1 amide bonds. The zero-order valence-electron chi connectivity index (χ0n) is 29.4. The Balaban J connectivity index is 0.00000541. The standard InChI is InChI=1S/C41H40Cl2N4O5.Ni/c1-41(2,3)52-40(51)47-25-28(35-33(47)21-20-30(42)36(35)43)23-32(39(49)50)44-37(27-15-8-5-9-16-27)29-17-10-11-18-31(29)45-38(48)34-19-12-22-46(34)24-26-13-6-4-7-14-26;/h4-11,13-18,20-21,25,32,34H,12,19,22-24H2,1-3H3,(H2,44,45,48,49,50);/p-1/t32-,34-;/m0./s1. The van der Waals surface area contributed by atoms with Crippen LogP contribution in [0.2, 0.25) is 10.0 Å². The second-order valence-corrected chi connectivity index (χ2v) is 14.5. The van der Waals surface area contributed by atoms with Gasteiger partial charge in [0.2, 0.25) is 0 Å². The molecule has 0 aliphatic carbocycles. The Kier molecular flexibility index (Phi) is 12.8. The fourth-order valence-corrected chi connectivity index (χ4v) is 6.92. The minimum atomic E-state index is -1.33. The Morgan fingerprint density at radius 2 is 1.60 bits per heavy atom. The van der Waals surface area contributed by atoms with Gasteiger partial charge in [0.05, 0.1) is 33.2 Å². The Morgan fingerprint density at radius 1 is 0.943 bits per heavy atom. The third-order valence-corrected chi connectivity index (χ3v) is 9.63. The molecule has 5 aromatic rings. The van der Waals surface area contributed by atoms with Gasteiger partial charge in [0.15, 0.2) is 6.04 Å². The summed E-state index contributed by atoms with van der Waals surface area (Å²) in [6.07, 6.45) is 2.33. The molecule has 6 rings (SSSR count). The molecular weight excluding hydrogens is 758 g/mol. The van der Waals surface area contributed by atoms with E-state index in [-0.39, 0.29) is 44.9 Å². The molecule has 1 aliphatic heterocycles. The van der Waals surface area contributed by atoms with Crippen LogP contribution < -0.4 is 0 Å². The molecule has 9 nitrogen and oxygen atoms in total. The molecular formula is C41H39Cl2N4NiO5-. The number of hydrogen-bond acceptors (Lipinski definition) is 6. The third kappa shape index (κ3) is 9.37. The van der Waals surface area contributed by atoms with E-state index in [9.17, 15) is 19.5 Å². The van der Waals surface area contributed by atoms with Crippen LogP contribution in [-0.2, 0) is 43.8 Å². The number of aliphatic imine (C=N–C) groups is 1. The predicted molar refractivity (Wildman–Crippen MR) is 205 cm³/mol. The van der Waals surface area contributed by atoms with Gasteiger partial charge in [0.1, 0.15) is 5.60 Å². The third-order valence-electron chi connectivity index (χ3n) is 8.83. The van der Waals surface area contributed by atoms with E-state index in [4.69, 9.17) is 32.9 Å². The summed E-state index contributed by atoms with van der Waals surface area (Å²) >= 11 is 13.1. The number of aliphatic carboxylic acids is 1. The largest absolute Gasteiger partial charge is 0.625 e. The fourth-order valence-electron chi connectivity index (χ4n) is 6.48. The topological polar surface area (TPSA) is 115 Å². The number of likely N-dealkylation sites (tertiary alicyclic amines) is 1. The summed E-state index contributed by atoms with van der Waals surface area (Å²) in [6, 6.07) is 27.9. The molecule has 2 atom stereocenters. The fraction of sp³-hybridized carbons (Fsp3) is 0.268. The van der Waals surface area contributed by atoms with E-state index in [1.807, 2.05) is 60.7 Å². The van der Waals surface area contributed by atoms with Crippen LogP contribution in [-0.4, -0.2) is 62.5 Å². The first kappa shape index (κ1) is 39.7. The van der Waals surface area contributed by atoms with E-state index in [0.29, 0.717) is 52.0 Å². The number of benzene rings is 4. The average molecular weight is 797 g/mol. The monoisotopic (exact) mass is 795 g/mol. The van der Waals surface area contributed by atoms with Crippen molar-refractivity contribution in [3.05, 3.63) is 141 Å². The van der Waals surface area contributed by atoms with Crippen LogP contribution >= 0.6 is 23.2 Å². The normalized spacial score (nSPS) is 15.5. The Bertz CT molecular complexity index is 2130. The van der Waals surface area contributed by atoms with Gasteiger partial charge in [-0.05, 0) is 69.0 Å². The van der Waals surface area contributed by atoms with Gasteiger partial charge in [0.25, 0.3) is 0 Å². The zero-order valence-corrected chi connectivity index (χ0v) is 31.9. The number of amides is 1. The molecule has 1 fully saturated rings. The number of carboxylic acid groups (broad SMARTS) is 1. The number of hydrogen-bond donors (Lipinski definition) is 1. The first-order valence-corrected chi connectivity index (χ1v) is 17.9. The maximum Gasteiger partial charge on any atom is 0.419 e. The van der Waals surface area contributed by atoms with Gasteiger partial charge in [-0.1, -0.05) is 108 Å². The van der Waals surface area contributed by atoms with Gasteiger partial charge in [-0.3, -0.25) is 14.5 Å². The molecule has 0 bridgehead atoms. The Labute approximate surface area is 328 Å². The van der Waals surface area contributed by atoms with Crippen LogP contribution in [0.15, 0.2) is 108 Å². The number of ether oxygens (including phenoxy) is 1. The zero-order chi connectivity index (χ0) is 37.0. The number of aromatic nitrogens is 1. The second-order valence-electron chi connectivity index (χ2n) is 13.7. The molecule has 0 unspecified atom stereocenters. The Morgan fingerprint density at radius 3 is 2.28 bits per heavy atom. The number of rotatable bonds is 10. The summed E-state index contributed by atoms with van der Waals surface area (Å²) in [4.78, 5) is 47.1. The van der Waals surface area contributed by atoms with Crippen LogP contribution in [0.4, 0.5) is 10.5 Å². The molecule has 53 heavy (non-hydrogen) atoms. The number of carbonyl (C=O) groups is 3. The van der Waals surface area contributed by atoms with E-state index in [2.05, 4.69) is 10.2 Å². The molecule has 1 aromatic heterocycles. The molecule has 4 aromatic carbocycles. The van der Waals surface area contributed by atoms with Crippen LogP contribution in [0.5, 0.6) is 0 Å². The minimum Gasteiger partial charge on any atom is -0.625 e. The van der Waals surface area contributed by atoms with Crippen LogP contribution in [0.1, 0.15) is 55.9 Å². The maximum atomic E-state index is 13.8. The van der Waals surface area contributed by atoms with Crippen LogP contribution in [0.3, 0.4) is 0 Å². The summed E-state index contributed by atoms with van der Waals surface area (Å²) in [5.41, 5.74) is 3.12. The van der Waals surface area contributed by atoms with Crippen LogP contribution in [0.25, 0.3) is 16.2 Å². The number of para-hydroxylation sites is 1. The summed E-state index contributed by atoms with van der Waals surface area (Å²) in [7, 11) is 0. The molecule has 278 valence electrons. The molecule has 0 radical (unpaired) electrons. The number of carboxylic acids is 1. The first-order chi connectivity index (χ1) is 24.9. The second kappa shape index (κ2) is 17.1. The average Bonchev–Trinajstić information content (AvgIpc) is 3.73. The van der Waals surface area contributed by atoms with Gasteiger partial charge in [-0.15, -0.1) is 5.69 Å². The van der Waals surface area contributed by atoms with Crippen molar-refractivity contribution in [2.45, 2.75) is 64.3 Å². The van der Waals surface area contributed by atoms with Gasteiger partial charge in [0, 0.05) is 46.6 Å². The smallest absolute Gasteiger partial charge is 0.419 e. The summed E-state index contributed by atoms with van der Waals surface area (Å²) < 4.78 is 6.94. The number of nitrogens with zero attached hydrogens (tertiary/aromatic N) is 4. The van der Waals surface area contributed by atoms with Crippen molar-refractivity contribution in [3.63, 3.8) is 0 Å². The van der Waals surface area contributed by atoms with Crippen molar-refractivity contribution in [1.82, 2.24) is 9.47 Å². The molecule has 1 aliphatic rings. The summed E-state index contributed by atoms with van der Waals surface area (Å²) in [5.74, 6) is -1.46. The van der Waals surface area contributed by atoms with Crippen molar-refractivity contribution < 1.29 is 40.7 Å². The van der Waals surface area contributed by atoms with E-state index in [1.165, 1.54) is 10.8 Å². The van der Waals surface area contributed by atoms with E-state index in [1.54, 1.807) is 57.2 Å². The first-order valence-electron chi connectivity index (χ1n) is 17.1. The van der Waals surface area contributed by atoms with Crippen molar-refractivity contribution in [3.8, 4) is 0 Å². The quantitative estimate of drug-likeness (QED) is 0.111. The number of fused-ring (bicyclic) bond motifs is 1. The van der Waals surface area contributed by atoms with E-state index >= 15 is 0 Å². The maximum absolute atomic E-state index is 13.8. The molecule has 0 saturated carbocycles. The van der Waals surface area contributed by atoms with E-state index < -0.39 is 23.7 Å². The molecule has 1 saturated heterocycles. The van der Waals surface area contributed by atoms with Crippen molar-refractivity contribution >= 4 is 63.5 Å². The van der Waals surface area contributed by atoms with Gasteiger partial charge >= 0.3 is 12.1 Å². The van der Waals surface area contributed by atoms with Gasteiger partial charge < -0.3 is 20.0 Å². The molecule has 1 N–H and O–H groups in total. The SMILES string of the molecule is CC(C)(C)OC(=O)n1cc(C[C@H](N=C(c2ccccc2)c2ccccc2[N-]C(=O)[C@@H]2CCCN2Cc2ccccc2)C(=O)O)c2c(Cl)c(Cl)ccc21.[Ni]. The summed E-state index contributed by atoms with van der Waals surface area (Å²) in [6.45, 7) is 6.71.